The molecule has 1 aromatic heterocycles. The molecule has 0 fully saturated rings. The quantitative estimate of drug-likeness (QED) is 0.870. The highest BCUT2D eigenvalue weighted by Gasteiger charge is 2.12. The van der Waals surface area contributed by atoms with Crippen LogP contribution in [-0.4, -0.2) is 22.9 Å². The second kappa shape index (κ2) is 5.77. The van der Waals surface area contributed by atoms with Gasteiger partial charge >= 0.3 is 5.97 Å². The molecule has 20 heavy (non-hydrogen) atoms. The summed E-state index contributed by atoms with van der Waals surface area (Å²) in [6, 6.07) is 7.38. The van der Waals surface area contributed by atoms with Crippen LogP contribution >= 0.6 is 0 Å². The fourth-order valence-corrected chi connectivity index (χ4v) is 2.22. The molecule has 0 aliphatic carbocycles. The van der Waals surface area contributed by atoms with Gasteiger partial charge in [0.25, 0.3) is 0 Å². The molecule has 106 valence electrons. The van der Waals surface area contributed by atoms with Gasteiger partial charge in [0, 0.05) is 24.5 Å². The molecule has 0 amide bonds. The zero-order valence-electron chi connectivity index (χ0n) is 12.2. The first-order chi connectivity index (χ1) is 9.51. The molecule has 1 atom stereocenters. The third-order valence-corrected chi connectivity index (χ3v) is 3.18. The summed E-state index contributed by atoms with van der Waals surface area (Å²) < 4.78 is 6.52. The molecule has 0 saturated carbocycles. The van der Waals surface area contributed by atoms with Crippen molar-refractivity contribution >= 4 is 11.7 Å². The number of ether oxygens (including phenoxy) is 1. The van der Waals surface area contributed by atoms with Crippen molar-refractivity contribution in [2.24, 2.45) is 7.05 Å². The monoisotopic (exact) mass is 273 g/mol. The number of aromatic nitrogens is 2. The Labute approximate surface area is 118 Å². The SMILES string of the molecule is COC(=O)c1cccc(NC(C)c2cn(C)nc2C)c1. The van der Waals surface area contributed by atoms with E-state index in [0.29, 0.717) is 5.56 Å². The van der Waals surface area contributed by atoms with Crippen molar-refractivity contribution < 1.29 is 9.53 Å². The maximum Gasteiger partial charge on any atom is 0.337 e. The number of carbonyl (C=O) groups is 1. The summed E-state index contributed by atoms with van der Waals surface area (Å²) in [5.74, 6) is -0.334. The lowest BCUT2D eigenvalue weighted by atomic mass is 10.1. The van der Waals surface area contributed by atoms with Crippen molar-refractivity contribution in [2.75, 3.05) is 12.4 Å². The van der Waals surface area contributed by atoms with Gasteiger partial charge in [0.1, 0.15) is 0 Å². The lowest BCUT2D eigenvalue weighted by molar-refractivity contribution is 0.0601. The summed E-state index contributed by atoms with van der Waals surface area (Å²) in [4.78, 5) is 11.5. The molecular formula is C15H19N3O2. The molecule has 1 heterocycles. The summed E-state index contributed by atoms with van der Waals surface area (Å²) in [5.41, 5.74) is 3.55. The van der Waals surface area contributed by atoms with Crippen LogP contribution in [0, 0.1) is 6.92 Å². The third-order valence-electron chi connectivity index (χ3n) is 3.18. The smallest absolute Gasteiger partial charge is 0.337 e. The second-order valence-corrected chi connectivity index (χ2v) is 4.78. The Morgan fingerprint density at radius 1 is 1.45 bits per heavy atom. The number of nitrogens with zero attached hydrogens (tertiary/aromatic N) is 2. The van der Waals surface area contributed by atoms with Crippen LogP contribution in [0.2, 0.25) is 0 Å². The van der Waals surface area contributed by atoms with Crippen molar-refractivity contribution in [1.29, 1.82) is 0 Å². The van der Waals surface area contributed by atoms with Gasteiger partial charge in [-0.25, -0.2) is 4.79 Å². The van der Waals surface area contributed by atoms with Crippen LogP contribution in [0.3, 0.4) is 0 Å². The lowest BCUT2D eigenvalue weighted by Crippen LogP contribution is -2.08. The average Bonchev–Trinajstić information content (AvgIpc) is 2.77. The van der Waals surface area contributed by atoms with Gasteiger partial charge in [-0.15, -0.1) is 0 Å². The van der Waals surface area contributed by atoms with Gasteiger partial charge in [0.05, 0.1) is 24.4 Å². The number of aryl methyl sites for hydroxylation is 2. The molecule has 0 saturated heterocycles. The fraction of sp³-hybridized carbons (Fsp3) is 0.333. The van der Waals surface area contributed by atoms with Crippen LogP contribution < -0.4 is 5.32 Å². The summed E-state index contributed by atoms with van der Waals surface area (Å²) >= 11 is 0. The number of rotatable bonds is 4. The summed E-state index contributed by atoms with van der Waals surface area (Å²) in [5, 5.41) is 7.71. The molecule has 0 bridgehead atoms. The zero-order valence-corrected chi connectivity index (χ0v) is 12.2. The minimum Gasteiger partial charge on any atom is -0.465 e. The summed E-state index contributed by atoms with van der Waals surface area (Å²) in [6.45, 7) is 4.05. The Morgan fingerprint density at radius 2 is 2.20 bits per heavy atom. The van der Waals surface area contributed by atoms with Crippen molar-refractivity contribution in [3.8, 4) is 0 Å². The van der Waals surface area contributed by atoms with E-state index in [2.05, 4.69) is 17.3 Å². The van der Waals surface area contributed by atoms with Gasteiger partial charge in [-0.3, -0.25) is 4.68 Å². The normalized spacial score (nSPS) is 12.0. The highest BCUT2D eigenvalue weighted by Crippen LogP contribution is 2.22. The largest absolute Gasteiger partial charge is 0.465 e. The van der Waals surface area contributed by atoms with Crippen molar-refractivity contribution in [1.82, 2.24) is 9.78 Å². The predicted molar refractivity (Wildman–Crippen MR) is 77.8 cm³/mol. The highest BCUT2D eigenvalue weighted by molar-refractivity contribution is 5.90. The minimum atomic E-state index is -0.334. The average molecular weight is 273 g/mol. The third kappa shape index (κ3) is 2.99. The molecule has 0 aliphatic heterocycles. The Balaban J connectivity index is 2.17. The summed E-state index contributed by atoms with van der Waals surface area (Å²) in [6.07, 6.45) is 2.00. The number of nitrogens with one attached hydrogen (secondary N) is 1. The number of hydrogen-bond donors (Lipinski definition) is 1. The van der Waals surface area contributed by atoms with Gasteiger partial charge in [0.15, 0.2) is 0 Å². The van der Waals surface area contributed by atoms with E-state index in [1.165, 1.54) is 7.11 Å². The van der Waals surface area contributed by atoms with E-state index in [9.17, 15) is 4.79 Å². The first-order valence-corrected chi connectivity index (χ1v) is 6.46. The maximum absolute atomic E-state index is 11.5. The van der Waals surface area contributed by atoms with Gasteiger partial charge in [-0.05, 0) is 32.0 Å². The number of esters is 1. The van der Waals surface area contributed by atoms with E-state index in [4.69, 9.17) is 4.74 Å². The molecule has 1 N–H and O–H groups in total. The Hall–Kier alpha value is -2.30. The van der Waals surface area contributed by atoms with Gasteiger partial charge in [-0.1, -0.05) is 6.07 Å². The van der Waals surface area contributed by atoms with E-state index in [1.807, 2.05) is 32.3 Å². The molecule has 0 radical (unpaired) electrons. The van der Waals surface area contributed by atoms with E-state index in [1.54, 1.807) is 16.8 Å². The first kappa shape index (κ1) is 14.1. The molecule has 2 aromatic rings. The van der Waals surface area contributed by atoms with Crippen LogP contribution in [0.25, 0.3) is 0 Å². The minimum absolute atomic E-state index is 0.108. The van der Waals surface area contributed by atoms with Crippen molar-refractivity contribution in [2.45, 2.75) is 19.9 Å². The molecule has 1 aromatic carbocycles. The number of benzene rings is 1. The van der Waals surface area contributed by atoms with Crippen LogP contribution in [0.1, 0.15) is 34.6 Å². The van der Waals surface area contributed by atoms with E-state index < -0.39 is 0 Å². The van der Waals surface area contributed by atoms with Gasteiger partial charge < -0.3 is 10.1 Å². The van der Waals surface area contributed by atoms with Crippen LogP contribution in [0.4, 0.5) is 5.69 Å². The number of hydrogen-bond acceptors (Lipinski definition) is 4. The Kier molecular flexibility index (Phi) is 4.08. The standard InChI is InChI=1S/C15H19N3O2/c1-10(14-9-18(3)17-11(14)2)16-13-7-5-6-12(8-13)15(19)20-4/h5-10,16H,1-4H3. The van der Waals surface area contributed by atoms with Crippen LogP contribution in [0.5, 0.6) is 0 Å². The molecule has 0 aliphatic rings. The predicted octanol–water partition coefficient (Wildman–Crippen LogP) is 2.69. The Bertz CT molecular complexity index is 619. The zero-order chi connectivity index (χ0) is 14.7. The van der Waals surface area contributed by atoms with Gasteiger partial charge in [0.2, 0.25) is 0 Å². The molecule has 5 heteroatoms. The maximum atomic E-state index is 11.5. The van der Waals surface area contributed by atoms with E-state index >= 15 is 0 Å². The number of carbonyl (C=O) groups excluding carboxylic acids is 1. The highest BCUT2D eigenvalue weighted by atomic mass is 16.5. The van der Waals surface area contributed by atoms with Crippen LogP contribution in [0.15, 0.2) is 30.5 Å². The number of anilines is 1. The second-order valence-electron chi connectivity index (χ2n) is 4.78. The van der Waals surface area contributed by atoms with E-state index in [-0.39, 0.29) is 12.0 Å². The molecular weight excluding hydrogens is 254 g/mol. The number of methoxy groups -OCH3 is 1. The lowest BCUT2D eigenvalue weighted by Gasteiger charge is -2.15. The van der Waals surface area contributed by atoms with Crippen molar-refractivity contribution in [3.05, 3.63) is 47.3 Å². The molecule has 2 rings (SSSR count). The molecule has 5 nitrogen and oxygen atoms in total. The van der Waals surface area contributed by atoms with Gasteiger partial charge in [-0.2, -0.15) is 5.10 Å². The molecule has 0 spiro atoms. The van der Waals surface area contributed by atoms with Crippen LogP contribution in [-0.2, 0) is 11.8 Å². The van der Waals surface area contributed by atoms with E-state index in [0.717, 1.165) is 16.9 Å². The topological polar surface area (TPSA) is 56.1 Å². The van der Waals surface area contributed by atoms with Crippen molar-refractivity contribution in [3.63, 3.8) is 0 Å². The summed E-state index contributed by atoms with van der Waals surface area (Å²) in [7, 11) is 3.28. The first-order valence-electron chi connectivity index (χ1n) is 6.46. The fourth-order valence-electron chi connectivity index (χ4n) is 2.22. The molecule has 1 unspecified atom stereocenters. The Morgan fingerprint density at radius 3 is 2.80 bits per heavy atom.